The standard InChI is InChI=1S/C3H2ClNO2/c4-3-2(6)1-7-5-3/h1,6H. The zero-order valence-electron chi connectivity index (χ0n) is 3.26. The normalized spacial score (nSPS) is 9.29. The molecule has 0 aliphatic carbocycles. The highest BCUT2D eigenvalue weighted by Gasteiger charge is 1.97. The maximum atomic E-state index is 8.47. The maximum absolute atomic E-state index is 8.47. The summed E-state index contributed by atoms with van der Waals surface area (Å²) in [5.41, 5.74) is 0. The molecular weight excluding hydrogens is 117 g/mol. The zero-order chi connectivity index (χ0) is 5.28. The number of hydrogen-bond acceptors (Lipinski definition) is 3. The summed E-state index contributed by atoms with van der Waals surface area (Å²) >= 11 is 5.17. The largest absolute Gasteiger partial charge is 0.502 e. The molecule has 0 bridgehead atoms. The summed E-state index contributed by atoms with van der Waals surface area (Å²) in [5.74, 6) is -0.123. The zero-order valence-corrected chi connectivity index (χ0v) is 4.01. The molecular formula is C3H2ClNO2. The van der Waals surface area contributed by atoms with E-state index in [0.717, 1.165) is 6.26 Å². The van der Waals surface area contributed by atoms with E-state index in [2.05, 4.69) is 9.68 Å². The van der Waals surface area contributed by atoms with Crippen LogP contribution in [0.4, 0.5) is 0 Å². The minimum Gasteiger partial charge on any atom is -0.502 e. The van der Waals surface area contributed by atoms with Crippen LogP contribution >= 0.6 is 11.6 Å². The molecule has 1 rings (SSSR count). The summed E-state index contributed by atoms with van der Waals surface area (Å²) in [5, 5.41) is 11.6. The van der Waals surface area contributed by atoms with Crippen LogP contribution in [0.3, 0.4) is 0 Å². The van der Waals surface area contributed by atoms with Gasteiger partial charge in [-0.1, -0.05) is 16.8 Å². The molecule has 0 radical (unpaired) electrons. The second kappa shape index (κ2) is 1.42. The number of nitrogens with zero attached hydrogens (tertiary/aromatic N) is 1. The number of rotatable bonds is 0. The third-order valence-electron chi connectivity index (χ3n) is 0.509. The molecule has 0 amide bonds. The van der Waals surface area contributed by atoms with E-state index in [-0.39, 0.29) is 10.9 Å². The Balaban J connectivity index is 3.12. The SMILES string of the molecule is Oc1conc1Cl. The van der Waals surface area contributed by atoms with E-state index in [1.807, 2.05) is 0 Å². The molecule has 1 aromatic rings. The summed E-state index contributed by atoms with van der Waals surface area (Å²) in [4.78, 5) is 0. The lowest BCUT2D eigenvalue weighted by Crippen LogP contribution is -1.55. The Hall–Kier alpha value is -0.700. The Morgan fingerprint density at radius 3 is 2.71 bits per heavy atom. The smallest absolute Gasteiger partial charge is 0.214 e. The molecule has 0 aliphatic rings. The Kier molecular flexibility index (Phi) is 0.906. The minimum absolute atomic E-state index is 0.000000000000000222. The van der Waals surface area contributed by atoms with Gasteiger partial charge >= 0.3 is 0 Å². The average molecular weight is 120 g/mol. The van der Waals surface area contributed by atoms with Crippen molar-refractivity contribution in [2.45, 2.75) is 0 Å². The van der Waals surface area contributed by atoms with Crippen molar-refractivity contribution >= 4 is 11.6 Å². The molecule has 1 aromatic heterocycles. The van der Waals surface area contributed by atoms with E-state index in [1.54, 1.807) is 0 Å². The Labute approximate surface area is 44.5 Å². The molecule has 0 spiro atoms. The number of aromatic hydroxyl groups is 1. The first kappa shape index (κ1) is 4.46. The number of hydrogen-bond donors (Lipinski definition) is 1. The molecule has 0 aromatic carbocycles. The van der Waals surface area contributed by atoms with Gasteiger partial charge in [-0.25, -0.2) is 0 Å². The van der Waals surface area contributed by atoms with Gasteiger partial charge in [0.15, 0.2) is 12.0 Å². The fourth-order valence-electron chi connectivity index (χ4n) is 0.218. The molecule has 7 heavy (non-hydrogen) atoms. The maximum Gasteiger partial charge on any atom is 0.214 e. The van der Waals surface area contributed by atoms with Crippen LogP contribution in [0.2, 0.25) is 5.15 Å². The van der Waals surface area contributed by atoms with E-state index in [4.69, 9.17) is 16.7 Å². The van der Waals surface area contributed by atoms with E-state index in [0.29, 0.717) is 0 Å². The van der Waals surface area contributed by atoms with Gasteiger partial charge in [0, 0.05) is 0 Å². The van der Waals surface area contributed by atoms with Crippen molar-refractivity contribution in [2.75, 3.05) is 0 Å². The third-order valence-corrected chi connectivity index (χ3v) is 0.771. The van der Waals surface area contributed by atoms with Gasteiger partial charge in [0.05, 0.1) is 0 Å². The summed E-state index contributed by atoms with van der Waals surface area (Å²) in [6.07, 6.45) is 1.06. The van der Waals surface area contributed by atoms with Crippen LogP contribution in [0, 0.1) is 0 Å². The summed E-state index contributed by atoms with van der Waals surface area (Å²) < 4.78 is 4.21. The molecule has 0 saturated carbocycles. The minimum atomic E-state index is -0.123. The van der Waals surface area contributed by atoms with Crippen molar-refractivity contribution in [1.82, 2.24) is 5.16 Å². The Morgan fingerprint density at radius 1 is 1.86 bits per heavy atom. The fraction of sp³-hybridized carbons (Fsp3) is 0. The molecule has 0 unspecified atom stereocenters. The van der Waals surface area contributed by atoms with Gasteiger partial charge in [0.25, 0.3) is 0 Å². The molecule has 0 saturated heterocycles. The lowest BCUT2D eigenvalue weighted by Gasteiger charge is -1.71. The predicted molar refractivity (Wildman–Crippen MR) is 23.2 cm³/mol. The molecule has 4 heteroatoms. The highest BCUT2D eigenvalue weighted by Crippen LogP contribution is 2.18. The van der Waals surface area contributed by atoms with Crippen LogP contribution in [-0.4, -0.2) is 10.3 Å². The summed E-state index contributed by atoms with van der Waals surface area (Å²) in [7, 11) is 0. The molecule has 1 heterocycles. The van der Waals surface area contributed by atoms with Crippen molar-refractivity contribution in [1.29, 1.82) is 0 Å². The van der Waals surface area contributed by atoms with E-state index in [9.17, 15) is 0 Å². The molecule has 1 N–H and O–H groups in total. The van der Waals surface area contributed by atoms with Gasteiger partial charge in [-0.05, 0) is 0 Å². The van der Waals surface area contributed by atoms with Gasteiger partial charge < -0.3 is 9.63 Å². The van der Waals surface area contributed by atoms with Gasteiger partial charge in [-0.15, -0.1) is 0 Å². The van der Waals surface area contributed by atoms with Crippen LogP contribution in [0.15, 0.2) is 10.8 Å². The quantitative estimate of drug-likeness (QED) is 0.555. The Bertz CT molecular complexity index is 145. The number of halogens is 1. The second-order valence-electron chi connectivity index (χ2n) is 0.991. The lowest BCUT2D eigenvalue weighted by atomic mass is 10.7. The average Bonchev–Trinajstić information content (AvgIpc) is 1.91. The molecule has 38 valence electrons. The van der Waals surface area contributed by atoms with Crippen molar-refractivity contribution in [3.05, 3.63) is 11.4 Å². The van der Waals surface area contributed by atoms with Crippen molar-refractivity contribution in [2.24, 2.45) is 0 Å². The van der Waals surface area contributed by atoms with E-state index < -0.39 is 0 Å². The van der Waals surface area contributed by atoms with Crippen molar-refractivity contribution in [3.8, 4) is 5.75 Å². The highest BCUT2D eigenvalue weighted by molar-refractivity contribution is 6.30. The van der Waals surface area contributed by atoms with Crippen LogP contribution < -0.4 is 0 Å². The lowest BCUT2D eigenvalue weighted by molar-refractivity contribution is 0.408. The molecule has 0 fully saturated rings. The third kappa shape index (κ3) is 0.667. The van der Waals surface area contributed by atoms with Crippen LogP contribution in [0.1, 0.15) is 0 Å². The van der Waals surface area contributed by atoms with E-state index in [1.165, 1.54) is 0 Å². The van der Waals surface area contributed by atoms with Crippen molar-refractivity contribution in [3.63, 3.8) is 0 Å². The second-order valence-corrected chi connectivity index (χ2v) is 1.35. The van der Waals surface area contributed by atoms with Gasteiger partial charge in [0.1, 0.15) is 0 Å². The van der Waals surface area contributed by atoms with Crippen LogP contribution in [-0.2, 0) is 0 Å². The van der Waals surface area contributed by atoms with Crippen LogP contribution in [0.25, 0.3) is 0 Å². The summed E-state index contributed by atoms with van der Waals surface area (Å²) in [6, 6.07) is 0. The molecule has 0 atom stereocenters. The van der Waals surface area contributed by atoms with Gasteiger partial charge in [-0.2, -0.15) is 0 Å². The first-order valence-corrected chi connectivity index (χ1v) is 1.97. The van der Waals surface area contributed by atoms with Crippen LogP contribution in [0.5, 0.6) is 5.75 Å². The topological polar surface area (TPSA) is 46.3 Å². The summed E-state index contributed by atoms with van der Waals surface area (Å²) in [6.45, 7) is 0. The van der Waals surface area contributed by atoms with Crippen molar-refractivity contribution < 1.29 is 9.63 Å². The number of aromatic nitrogens is 1. The highest BCUT2D eigenvalue weighted by atomic mass is 35.5. The first-order valence-electron chi connectivity index (χ1n) is 1.59. The van der Waals surface area contributed by atoms with Gasteiger partial charge in [0.2, 0.25) is 5.15 Å². The first-order chi connectivity index (χ1) is 3.30. The van der Waals surface area contributed by atoms with E-state index >= 15 is 0 Å². The van der Waals surface area contributed by atoms with Gasteiger partial charge in [-0.3, -0.25) is 0 Å². The fourth-order valence-corrected chi connectivity index (χ4v) is 0.302. The predicted octanol–water partition coefficient (Wildman–Crippen LogP) is 1.03. The molecule has 0 aliphatic heterocycles. The monoisotopic (exact) mass is 119 g/mol. The Morgan fingerprint density at radius 2 is 2.57 bits per heavy atom. The molecule has 3 nitrogen and oxygen atoms in total.